The summed E-state index contributed by atoms with van der Waals surface area (Å²) in [5.41, 5.74) is 6.74. The van der Waals surface area contributed by atoms with Crippen LogP contribution in [0.25, 0.3) is 0 Å². The van der Waals surface area contributed by atoms with Gasteiger partial charge >= 0.3 is 0 Å². The molecular formula is C12H19N3. The Bertz CT molecular complexity index is 327. The number of anilines is 1. The monoisotopic (exact) mass is 205 g/mol. The van der Waals surface area contributed by atoms with Gasteiger partial charge in [0, 0.05) is 19.6 Å². The summed E-state index contributed by atoms with van der Waals surface area (Å²) in [5.74, 6) is 2.21. The summed E-state index contributed by atoms with van der Waals surface area (Å²) in [7, 11) is 0. The van der Waals surface area contributed by atoms with Crippen molar-refractivity contribution in [2.75, 3.05) is 18.8 Å². The molecule has 15 heavy (non-hydrogen) atoms. The van der Waals surface area contributed by atoms with E-state index in [9.17, 15) is 0 Å². The van der Waals surface area contributed by atoms with Crippen molar-refractivity contribution in [3.63, 3.8) is 0 Å². The summed E-state index contributed by atoms with van der Waals surface area (Å²) in [6.45, 7) is 7.92. The Kier molecular flexibility index (Phi) is 2.91. The normalized spacial score (nSPS) is 27.1. The Morgan fingerprint density at radius 1 is 1.33 bits per heavy atom. The summed E-state index contributed by atoms with van der Waals surface area (Å²) in [5, 5.41) is 0. The summed E-state index contributed by atoms with van der Waals surface area (Å²) in [6, 6.07) is 5.85. The van der Waals surface area contributed by atoms with Gasteiger partial charge in [0.05, 0.1) is 5.69 Å². The largest absolute Gasteiger partial charge is 0.384 e. The van der Waals surface area contributed by atoms with Crippen molar-refractivity contribution >= 4 is 5.82 Å². The molecule has 0 aliphatic carbocycles. The molecule has 1 aromatic heterocycles. The molecular weight excluding hydrogens is 186 g/mol. The molecule has 2 rings (SSSR count). The first kappa shape index (κ1) is 10.4. The van der Waals surface area contributed by atoms with Crippen LogP contribution in [0.1, 0.15) is 19.5 Å². The standard InChI is InChI=1S/C12H19N3/c1-9-6-15(7-10(9)2)8-11-4-3-5-12(13)14-11/h3-5,9-10H,6-8H2,1-2H3,(H2,13,14). The second kappa shape index (κ2) is 4.19. The van der Waals surface area contributed by atoms with Crippen molar-refractivity contribution < 1.29 is 0 Å². The highest BCUT2D eigenvalue weighted by atomic mass is 15.2. The van der Waals surface area contributed by atoms with Crippen molar-refractivity contribution in [2.24, 2.45) is 11.8 Å². The van der Waals surface area contributed by atoms with Gasteiger partial charge in [0.15, 0.2) is 0 Å². The Labute approximate surface area is 91.3 Å². The van der Waals surface area contributed by atoms with Crippen LogP contribution in [-0.2, 0) is 6.54 Å². The third kappa shape index (κ3) is 2.48. The van der Waals surface area contributed by atoms with Crippen LogP contribution in [0.5, 0.6) is 0 Å². The summed E-state index contributed by atoms with van der Waals surface area (Å²) in [6.07, 6.45) is 0. The lowest BCUT2D eigenvalue weighted by Crippen LogP contribution is -2.20. The molecule has 1 aliphatic rings. The van der Waals surface area contributed by atoms with Crippen LogP contribution >= 0.6 is 0 Å². The van der Waals surface area contributed by atoms with E-state index in [-0.39, 0.29) is 0 Å². The molecule has 2 N–H and O–H groups in total. The first-order valence-electron chi connectivity index (χ1n) is 5.59. The molecule has 0 saturated carbocycles. The molecule has 0 aromatic carbocycles. The van der Waals surface area contributed by atoms with Gasteiger partial charge in [-0.2, -0.15) is 0 Å². The zero-order valence-electron chi connectivity index (χ0n) is 9.48. The molecule has 0 bridgehead atoms. The second-order valence-electron chi connectivity index (χ2n) is 4.70. The van der Waals surface area contributed by atoms with Crippen molar-refractivity contribution in [2.45, 2.75) is 20.4 Å². The molecule has 2 atom stereocenters. The van der Waals surface area contributed by atoms with Gasteiger partial charge in [-0.15, -0.1) is 0 Å². The Morgan fingerprint density at radius 2 is 2.00 bits per heavy atom. The first-order chi connectivity index (χ1) is 7.15. The van der Waals surface area contributed by atoms with Crippen molar-refractivity contribution in [3.8, 4) is 0 Å². The van der Waals surface area contributed by atoms with E-state index in [2.05, 4.69) is 23.7 Å². The van der Waals surface area contributed by atoms with Gasteiger partial charge in [-0.25, -0.2) is 4.98 Å². The molecule has 3 heteroatoms. The first-order valence-corrected chi connectivity index (χ1v) is 5.59. The summed E-state index contributed by atoms with van der Waals surface area (Å²) >= 11 is 0. The number of likely N-dealkylation sites (tertiary alicyclic amines) is 1. The highest BCUT2D eigenvalue weighted by molar-refractivity contribution is 5.28. The lowest BCUT2D eigenvalue weighted by Gasteiger charge is -2.14. The zero-order valence-corrected chi connectivity index (χ0v) is 9.48. The second-order valence-corrected chi connectivity index (χ2v) is 4.70. The predicted molar refractivity (Wildman–Crippen MR) is 62.3 cm³/mol. The number of nitrogens with zero attached hydrogens (tertiary/aromatic N) is 2. The van der Waals surface area contributed by atoms with Crippen molar-refractivity contribution in [1.29, 1.82) is 0 Å². The van der Waals surface area contributed by atoms with Gasteiger partial charge in [-0.3, -0.25) is 4.90 Å². The van der Waals surface area contributed by atoms with E-state index in [0.717, 1.165) is 24.1 Å². The van der Waals surface area contributed by atoms with Gasteiger partial charge < -0.3 is 5.73 Å². The number of aromatic nitrogens is 1. The minimum atomic E-state index is 0.618. The topological polar surface area (TPSA) is 42.1 Å². The van der Waals surface area contributed by atoms with Crippen LogP contribution in [0.3, 0.4) is 0 Å². The van der Waals surface area contributed by atoms with E-state index in [1.165, 1.54) is 13.1 Å². The molecule has 1 fully saturated rings. The van der Waals surface area contributed by atoms with Crippen LogP contribution in [0.4, 0.5) is 5.82 Å². The number of nitrogens with two attached hydrogens (primary N) is 1. The Morgan fingerprint density at radius 3 is 2.60 bits per heavy atom. The molecule has 1 aromatic rings. The molecule has 0 radical (unpaired) electrons. The van der Waals surface area contributed by atoms with E-state index in [1.54, 1.807) is 0 Å². The molecule has 3 nitrogen and oxygen atoms in total. The lowest BCUT2D eigenvalue weighted by molar-refractivity contribution is 0.312. The van der Waals surface area contributed by atoms with Crippen LogP contribution in [0.2, 0.25) is 0 Å². The van der Waals surface area contributed by atoms with Crippen LogP contribution in [0, 0.1) is 11.8 Å². The third-order valence-electron chi connectivity index (χ3n) is 3.28. The molecule has 2 heterocycles. The van der Waals surface area contributed by atoms with E-state index >= 15 is 0 Å². The maximum atomic E-state index is 5.66. The van der Waals surface area contributed by atoms with Gasteiger partial charge in [0.2, 0.25) is 0 Å². The van der Waals surface area contributed by atoms with Crippen LogP contribution in [0.15, 0.2) is 18.2 Å². The van der Waals surface area contributed by atoms with E-state index in [0.29, 0.717) is 5.82 Å². The van der Waals surface area contributed by atoms with Crippen LogP contribution in [-0.4, -0.2) is 23.0 Å². The average molecular weight is 205 g/mol. The Balaban J connectivity index is 1.98. The molecule has 0 amide bonds. The van der Waals surface area contributed by atoms with E-state index in [1.807, 2.05) is 18.2 Å². The number of pyridine rings is 1. The van der Waals surface area contributed by atoms with E-state index < -0.39 is 0 Å². The number of hydrogen-bond acceptors (Lipinski definition) is 3. The number of hydrogen-bond donors (Lipinski definition) is 1. The lowest BCUT2D eigenvalue weighted by atomic mass is 10.0. The molecule has 1 saturated heterocycles. The van der Waals surface area contributed by atoms with Gasteiger partial charge in [-0.1, -0.05) is 19.9 Å². The number of rotatable bonds is 2. The Hall–Kier alpha value is -1.09. The van der Waals surface area contributed by atoms with Gasteiger partial charge in [0.1, 0.15) is 5.82 Å². The molecule has 1 aliphatic heterocycles. The minimum absolute atomic E-state index is 0.618. The fraction of sp³-hybridized carbons (Fsp3) is 0.583. The zero-order chi connectivity index (χ0) is 10.8. The maximum absolute atomic E-state index is 5.66. The van der Waals surface area contributed by atoms with Crippen molar-refractivity contribution in [3.05, 3.63) is 23.9 Å². The van der Waals surface area contributed by atoms with Crippen LogP contribution < -0.4 is 5.73 Å². The highest BCUT2D eigenvalue weighted by Crippen LogP contribution is 2.23. The highest BCUT2D eigenvalue weighted by Gasteiger charge is 2.25. The summed E-state index contributed by atoms with van der Waals surface area (Å²) in [4.78, 5) is 6.78. The number of nitrogen functional groups attached to an aromatic ring is 1. The molecule has 82 valence electrons. The van der Waals surface area contributed by atoms with E-state index in [4.69, 9.17) is 5.73 Å². The van der Waals surface area contributed by atoms with Crippen molar-refractivity contribution in [1.82, 2.24) is 9.88 Å². The molecule has 0 spiro atoms. The smallest absolute Gasteiger partial charge is 0.123 e. The SMILES string of the molecule is CC1CN(Cc2cccc(N)n2)CC1C. The molecule has 2 unspecified atom stereocenters. The van der Waals surface area contributed by atoms with Gasteiger partial charge in [0.25, 0.3) is 0 Å². The average Bonchev–Trinajstić information content (AvgIpc) is 2.45. The summed E-state index contributed by atoms with van der Waals surface area (Å²) < 4.78 is 0. The fourth-order valence-corrected chi connectivity index (χ4v) is 2.19. The van der Waals surface area contributed by atoms with Gasteiger partial charge in [-0.05, 0) is 24.0 Å². The fourth-order valence-electron chi connectivity index (χ4n) is 2.19. The minimum Gasteiger partial charge on any atom is -0.384 e. The predicted octanol–water partition coefficient (Wildman–Crippen LogP) is 1.75. The quantitative estimate of drug-likeness (QED) is 0.800. The maximum Gasteiger partial charge on any atom is 0.123 e. The third-order valence-corrected chi connectivity index (χ3v) is 3.28.